The third kappa shape index (κ3) is 3.49. The summed E-state index contributed by atoms with van der Waals surface area (Å²) < 4.78 is 12.0. The molecule has 4 nitrogen and oxygen atoms in total. The number of rotatable bonds is 4. The Morgan fingerprint density at radius 2 is 1.74 bits per heavy atom. The van der Waals surface area contributed by atoms with Crippen LogP contribution in [0, 0.1) is 0 Å². The van der Waals surface area contributed by atoms with Crippen molar-refractivity contribution < 1.29 is 14.6 Å². The topological polar surface area (TPSA) is 50.7 Å². The third-order valence-electron chi connectivity index (χ3n) is 3.98. The highest BCUT2D eigenvalue weighted by Crippen LogP contribution is 2.39. The van der Waals surface area contributed by atoms with Crippen LogP contribution < -0.4 is 14.8 Å². The second kappa shape index (κ2) is 6.60. The number of nitrogens with one attached hydrogen (secondary N) is 1. The molecule has 3 rings (SSSR count). The Labute approximate surface area is 137 Å². The number of fused-ring (bicyclic) bond motifs is 1. The Kier molecular flexibility index (Phi) is 4.55. The molecule has 1 heterocycles. The number of hydrogen-bond donors (Lipinski definition) is 2. The molecular formula is C19H23NO3. The molecule has 0 saturated carbocycles. The summed E-state index contributed by atoms with van der Waals surface area (Å²) in [4.78, 5) is 0. The SMILES string of the molecule is CC(C)NCC1(O)COc2ccccc2OC1c1ccccc1. The molecule has 0 aromatic heterocycles. The van der Waals surface area contributed by atoms with Gasteiger partial charge in [-0.2, -0.15) is 0 Å². The van der Waals surface area contributed by atoms with Gasteiger partial charge < -0.3 is 19.9 Å². The summed E-state index contributed by atoms with van der Waals surface area (Å²) in [5, 5.41) is 14.6. The molecule has 0 amide bonds. The minimum atomic E-state index is -1.16. The Morgan fingerprint density at radius 1 is 1.09 bits per heavy atom. The van der Waals surface area contributed by atoms with E-state index in [-0.39, 0.29) is 12.6 Å². The summed E-state index contributed by atoms with van der Waals surface area (Å²) in [6.07, 6.45) is -0.501. The van der Waals surface area contributed by atoms with Crippen molar-refractivity contribution in [3.8, 4) is 11.5 Å². The molecule has 2 aromatic carbocycles. The first kappa shape index (κ1) is 15.8. The van der Waals surface area contributed by atoms with E-state index in [1.807, 2.05) is 68.4 Å². The normalized spacial score (nSPS) is 23.6. The van der Waals surface area contributed by atoms with E-state index >= 15 is 0 Å². The van der Waals surface area contributed by atoms with Gasteiger partial charge in [-0.15, -0.1) is 0 Å². The Bertz CT molecular complexity index is 644. The number of ether oxygens (including phenoxy) is 2. The lowest BCUT2D eigenvalue weighted by Gasteiger charge is -2.34. The van der Waals surface area contributed by atoms with Crippen LogP contribution in [0.3, 0.4) is 0 Å². The molecule has 122 valence electrons. The van der Waals surface area contributed by atoms with E-state index in [4.69, 9.17) is 9.47 Å². The quantitative estimate of drug-likeness (QED) is 0.911. The van der Waals surface area contributed by atoms with Crippen LogP contribution in [0.1, 0.15) is 25.5 Å². The summed E-state index contributed by atoms with van der Waals surface area (Å²) in [7, 11) is 0. The largest absolute Gasteiger partial charge is 0.486 e. The predicted octanol–water partition coefficient (Wildman–Crippen LogP) is 2.93. The Morgan fingerprint density at radius 3 is 2.43 bits per heavy atom. The number of aliphatic hydroxyl groups is 1. The highest BCUT2D eigenvalue weighted by molar-refractivity contribution is 5.41. The van der Waals surface area contributed by atoms with Crippen molar-refractivity contribution in [2.45, 2.75) is 31.6 Å². The van der Waals surface area contributed by atoms with Gasteiger partial charge in [0.1, 0.15) is 6.61 Å². The minimum Gasteiger partial charge on any atom is -0.486 e. The molecule has 2 aromatic rings. The zero-order valence-corrected chi connectivity index (χ0v) is 13.5. The summed E-state index contributed by atoms with van der Waals surface area (Å²) in [5.74, 6) is 1.32. The van der Waals surface area contributed by atoms with E-state index in [0.717, 1.165) is 5.56 Å². The second-order valence-electron chi connectivity index (χ2n) is 6.28. The first-order valence-corrected chi connectivity index (χ1v) is 7.98. The first-order valence-electron chi connectivity index (χ1n) is 7.98. The minimum absolute atomic E-state index is 0.170. The molecule has 0 spiro atoms. The molecule has 2 atom stereocenters. The Hall–Kier alpha value is -2.04. The van der Waals surface area contributed by atoms with Gasteiger partial charge in [-0.3, -0.25) is 0 Å². The summed E-state index contributed by atoms with van der Waals surface area (Å²) in [6, 6.07) is 17.6. The van der Waals surface area contributed by atoms with Crippen LogP contribution in [0.15, 0.2) is 54.6 Å². The van der Waals surface area contributed by atoms with Crippen molar-refractivity contribution in [1.29, 1.82) is 0 Å². The maximum absolute atomic E-state index is 11.3. The van der Waals surface area contributed by atoms with Gasteiger partial charge >= 0.3 is 0 Å². The number of hydrogen-bond acceptors (Lipinski definition) is 4. The van der Waals surface area contributed by atoms with Gasteiger partial charge in [0, 0.05) is 12.6 Å². The van der Waals surface area contributed by atoms with E-state index in [1.165, 1.54) is 0 Å². The molecule has 0 aliphatic carbocycles. The lowest BCUT2D eigenvalue weighted by Crippen LogP contribution is -2.52. The average molecular weight is 313 g/mol. The van der Waals surface area contributed by atoms with Crippen LogP contribution in [0.5, 0.6) is 11.5 Å². The van der Waals surface area contributed by atoms with Crippen molar-refractivity contribution in [1.82, 2.24) is 5.32 Å². The molecule has 0 bridgehead atoms. The zero-order valence-electron chi connectivity index (χ0n) is 13.5. The van der Waals surface area contributed by atoms with Crippen LogP contribution >= 0.6 is 0 Å². The lowest BCUT2D eigenvalue weighted by atomic mass is 9.91. The standard InChI is InChI=1S/C19H23NO3/c1-14(2)20-12-19(21)13-22-16-10-6-7-11-17(16)23-18(19)15-8-4-3-5-9-15/h3-11,14,18,20-21H,12-13H2,1-2H3. The highest BCUT2D eigenvalue weighted by Gasteiger charge is 2.43. The Balaban J connectivity index is 1.97. The zero-order chi connectivity index (χ0) is 16.3. The van der Waals surface area contributed by atoms with Crippen molar-refractivity contribution >= 4 is 0 Å². The molecule has 0 saturated heterocycles. The monoisotopic (exact) mass is 313 g/mol. The van der Waals surface area contributed by atoms with Gasteiger partial charge in [0.05, 0.1) is 0 Å². The summed E-state index contributed by atoms with van der Waals surface area (Å²) >= 11 is 0. The van der Waals surface area contributed by atoms with E-state index in [2.05, 4.69) is 5.32 Å². The highest BCUT2D eigenvalue weighted by atomic mass is 16.6. The van der Waals surface area contributed by atoms with Gasteiger partial charge in [-0.05, 0) is 17.7 Å². The molecule has 1 aliphatic heterocycles. The fraction of sp³-hybridized carbons (Fsp3) is 0.368. The third-order valence-corrected chi connectivity index (χ3v) is 3.98. The van der Waals surface area contributed by atoms with Gasteiger partial charge in [0.25, 0.3) is 0 Å². The second-order valence-corrected chi connectivity index (χ2v) is 6.28. The fourth-order valence-electron chi connectivity index (χ4n) is 2.71. The van der Waals surface area contributed by atoms with Crippen LogP contribution in [-0.4, -0.2) is 29.9 Å². The molecule has 2 unspecified atom stereocenters. The van der Waals surface area contributed by atoms with Gasteiger partial charge in [-0.25, -0.2) is 0 Å². The van der Waals surface area contributed by atoms with Crippen LogP contribution in [0.25, 0.3) is 0 Å². The molecule has 1 aliphatic rings. The van der Waals surface area contributed by atoms with Crippen LogP contribution in [-0.2, 0) is 0 Å². The van der Waals surface area contributed by atoms with E-state index in [1.54, 1.807) is 0 Å². The van der Waals surface area contributed by atoms with Crippen molar-refractivity contribution in [2.24, 2.45) is 0 Å². The van der Waals surface area contributed by atoms with Crippen LogP contribution in [0.4, 0.5) is 0 Å². The molecule has 23 heavy (non-hydrogen) atoms. The smallest absolute Gasteiger partial charge is 0.162 e. The average Bonchev–Trinajstić information content (AvgIpc) is 2.72. The van der Waals surface area contributed by atoms with Gasteiger partial charge in [-0.1, -0.05) is 56.3 Å². The molecule has 0 radical (unpaired) electrons. The van der Waals surface area contributed by atoms with Crippen molar-refractivity contribution in [2.75, 3.05) is 13.2 Å². The fourth-order valence-corrected chi connectivity index (χ4v) is 2.71. The van der Waals surface area contributed by atoms with E-state index in [9.17, 15) is 5.11 Å². The van der Waals surface area contributed by atoms with Crippen molar-refractivity contribution in [3.63, 3.8) is 0 Å². The van der Waals surface area contributed by atoms with Gasteiger partial charge in [0.2, 0.25) is 0 Å². The lowest BCUT2D eigenvalue weighted by molar-refractivity contribution is -0.0775. The summed E-state index contributed by atoms with van der Waals surface area (Å²) in [5.41, 5.74) is -0.231. The number of para-hydroxylation sites is 2. The van der Waals surface area contributed by atoms with Gasteiger partial charge in [0.15, 0.2) is 23.2 Å². The molecule has 4 heteroatoms. The summed E-state index contributed by atoms with van der Waals surface area (Å²) in [6.45, 7) is 4.66. The van der Waals surface area contributed by atoms with E-state index in [0.29, 0.717) is 18.0 Å². The number of benzene rings is 2. The predicted molar refractivity (Wildman–Crippen MR) is 89.8 cm³/mol. The van der Waals surface area contributed by atoms with Crippen LogP contribution in [0.2, 0.25) is 0 Å². The maximum atomic E-state index is 11.3. The maximum Gasteiger partial charge on any atom is 0.162 e. The molecular weight excluding hydrogens is 290 g/mol. The van der Waals surface area contributed by atoms with E-state index < -0.39 is 11.7 Å². The molecule has 2 N–H and O–H groups in total. The van der Waals surface area contributed by atoms with Crippen molar-refractivity contribution in [3.05, 3.63) is 60.2 Å². The molecule has 0 fully saturated rings. The first-order chi connectivity index (χ1) is 11.1.